The van der Waals surface area contributed by atoms with Crippen molar-refractivity contribution in [1.82, 2.24) is 10.2 Å². The predicted octanol–water partition coefficient (Wildman–Crippen LogP) is 2.33. The summed E-state index contributed by atoms with van der Waals surface area (Å²) in [6, 6.07) is 18.4. The highest BCUT2D eigenvalue weighted by Gasteiger charge is 2.27. The van der Waals surface area contributed by atoms with E-state index in [1.165, 1.54) is 0 Å². The quantitative estimate of drug-likeness (QED) is 0.944. The lowest BCUT2D eigenvalue weighted by atomic mass is 10.2. The molecule has 1 N–H and O–H groups in total. The molecule has 2 amide bonds. The summed E-state index contributed by atoms with van der Waals surface area (Å²) in [5.41, 5.74) is 1.34. The maximum absolute atomic E-state index is 12.4. The normalized spacial score (nSPS) is 17.3. The number of amides is 2. The van der Waals surface area contributed by atoms with Gasteiger partial charge in [-0.1, -0.05) is 36.4 Å². The Morgan fingerprint density at radius 2 is 1.50 bits per heavy atom. The molecule has 4 nitrogen and oxygen atoms in total. The van der Waals surface area contributed by atoms with Crippen molar-refractivity contribution in [3.63, 3.8) is 0 Å². The minimum Gasteiger partial charge on any atom is -0.347 e. The lowest BCUT2D eigenvalue weighted by molar-refractivity contribution is 0.0783. The summed E-state index contributed by atoms with van der Waals surface area (Å²) in [6.45, 7) is 1.24. The molecular formula is C18H18N2O2. The molecule has 0 saturated carbocycles. The van der Waals surface area contributed by atoms with E-state index in [4.69, 9.17) is 0 Å². The molecule has 2 aromatic rings. The van der Waals surface area contributed by atoms with Gasteiger partial charge in [-0.3, -0.25) is 9.59 Å². The van der Waals surface area contributed by atoms with Gasteiger partial charge in [0.05, 0.1) is 0 Å². The maximum Gasteiger partial charge on any atom is 0.253 e. The SMILES string of the molecule is O=C(N[C@@H]1CCN(C(=O)c2ccccc2)C1)c1ccccc1. The van der Waals surface area contributed by atoms with E-state index in [-0.39, 0.29) is 17.9 Å². The van der Waals surface area contributed by atoms with Crippen LogP contribution in [0.15, 0.2) is 60.7 Å². The summed E-state index contributed by atoms with van der Waals surface area (Å²) in [5.74, 6) is -0.0586. The highest BCUT2D eigenvalue weighted by atomic mass is 16.2. The predicted molar refractivity (Wildman–Crippen MR) is 84.7 cm³/mol. The zero-order valence-corrected chi connectivity index (χ0v) is 12.2. The van der Waals surface area contributed by atoms with Crippen LogP contribution < -0.4 is 5.32 Å². The smallest absolute Gasteiger partial charge is 0.253 e. The van der Waals surface area contributed by atoms with E-state index >= 15 is 0 Å². The largest absolute Gasteiger partial charge is 0.347 e. The van der Waals surface area contributed by atoms with Crippen LogP contribution in [0.1, 0.15) is 27.1 Å². The van der Waals surface area contributed by atoms with E-state index in [0.29, 0.717) is 24.2 Å². The zero-order chi connectivity index (χ0) is 15.4. The fourth-order valence-corrected chi connectivity index (χ4v) is 2.68. The van der Waals surface area contributed by atoms with E-state index in [2.05, 4.69) is 5.32 Å². The molecule has 1 aliphatic rings. The number of hydrogen-bond acceptors (Lipinski definition) is 2. The van der Waals surface area contributed by atoms with Crippen molar-refractivity contribution < 1.29 is 9.59 Å². The molecule has 22 heavy (non-hydrogen) atoms. The van der Waals surface area contributed by atoms with E-state index in [0.717, 1.165) is 6.42 Å². The van der Waals surface area contributed by atoms with Gasteiger partial charge < -0.3 is 10.2 Å². The van der Waals surface area contributed by atoms with Crippen LogP contribution in [0.25, 0.3) is 0 Å². The molecule has 1 aliphatic heterocycles. The molecule has 4 heteroatoms. The van der Waals surface area contributed by atoms with Crippen molar-refractivity contribution in [1.29, 1.82) is 0 Å². The molecule has 0 spiro atoms. The van der Waals surface area contributed by atoms with Gasteiger partial charge in [-0.05, 0) is 30.7 Å². The van der Waals surface area contributed by atoms with Crippen LogP contribution in [0.3, 0.4) is 0 Å². The number of likely N-dealkylation sites (tertiary alicyclic amines) is 1. The lowest BCUT2D eigenvalue weighted by Crippen LogP contribution is -2.38. The first-order valence-corrected chi connectivity index (χ1v) is 7.44. The second-order valence-electron chi connectivity index (χ2n) is 5.44. The Kier molecular flexibility index (Phi) is 4.19. The third-order valence-electron chi connectivity index (χ3n) is 3.87. The number of carbonyl (C=O) groups excluding carboxylic acids is 2. The van der Waals surface area contributed by atoms with E-state index in [1.807, 2.05) is 48.5 Å². The first-order valence-electron chi connectivity index (χ1n) is 7.44. The molecule has 2 aromatic carbocycles. The standard InChI is InChI=1S/C18H18N2O2/c21-17(14-7-3-1-4-8-14)19-16-11-12-20(13-16)18(22)15-9-5-2-6-10-15/h1-10,16H,11-13H2,(H,19,21)/t16-/m1/s1. The van der Waals surface area contributed by atoms with Crippen LogP contribution in [0.4, 0.5) is 0 Å². The first-order chi connectivity index (χ1) is 10.7. The Balaban J connectivity index is 1.59. The van der Waals surface area contributed by atoms with Crippen molar-refractivity contribution in [2.24, 2.45) is 0 Å². The van der Waals surface area contributed by atoms with Crippen LogP contribution in [-0.4, -0.2) is 35.8 Å². The van der Waals surface area contributed by atoms with Gasteiger partial charge in [0.25, 0.3) is 11.8 Å². The van der Waals surface area contributed by atoms with Gasteiger partial charge in [-0.2, -0.15) is 0 Å². The van der Waals surface area contributed by atoms with Crippen molar-refractivity contribution in [3.05, 3.63) is 71.8 Å². The van der Waals surface area contributed by atoms with Gasteiger partial charge >= 0.3 is 0 Å². The molecule has 1 saturated heterocycles. The minimum atomic E-state index is -0.0837. The van der Waals surface area contributed by atoms with Crippen LogP contribution in [0.5, 0.6) is 0 Å². The van der Waals surface area contributed by atoms with Gasteiger partial charge in [0.2, 0.25) is 0 Å². The number of nitrogens with one attached hydrogen (secondary N) is 1. The first kappa shape index (κ1) is 14.3. The van der Waals surface area contributed by atoms with Crippen LogP contribution in [0, 0.1) is 0 Å². The van der Waals surface area contributed by atoms with Gasteiger partial charge in [-0.15, -0.1) is 0 Å². The van der Waals surface area contributed by atoms with Gasteiger partial charge in [0, 0.05) is 30.3 Å². The Bertz CT molecular complexity index is 655. The van der Waals surface area contributed by atoms with Crippen molar-refractivity contribution in [3.8, 4) is 0 Å². The van der Waals surface area contributed by atoms with Gasteiger partial charge in [0.1, 0.15) is 0 Å². The van der Waals surface area contributed by atoms with Crippen LogP contribution in [0.2, 0.25) is 0 Å². The third-order valence-corrected chi connectivity index (χ3v) is 3.87. The Labute approximate surface area is 129 Å². The molecule has 1 fully saturated rings. The molecule has 1 heterocycles. The third kappa shape index (κ3) is 3.17. The van der Waals surface area contributed by atoms with Crippen molar-refractivity contribution in [2.75, 3.05) is 13.1 Å². The van der Waals surface area contributed by atoms with Crippen molar-refractivity contribution in [2.45, 2.75) is 12.5 Å². The zero-order valence-electron chi connectivity index (χ0n) is 12.2. The average molecular weight is 294 g/mol. The summed E-state index contributed by atoms with van der Waals surface area (Å²) in [6.07, 6.45) is 0.789. The Hall–Kier alpha value is -2.62. The Morgan fingerprint density at radius 1 is 0.909 bits per heavy atom. The summed E-state index contributed by atoms with van der Waals surface area (Å²) in [4.78, 5) is 26.3. The van der Waals surface area contributed by atoms with Gasteiger partial charge in [0.15, 0.2) is 0 Å². The fraction of sp³-hybridized carbons (Fsp3) is 0.222. The fourth-order valence-electron chi connectivity index (χ4n) is 2.68. The summed E-state index contributed by atoms with van der Waals surface area (Å²) in [5, 5.41) is 3.00. The van der Waals surface area contributed by atoms with Gasteiger partial charge in [-0.25, -0.2) is 0 Å². The highest BCUT2D eigenvalue weighted by Crippen LogP contribution is 2.14. The molecule has 0 radical (unpaired) electrons. The van der Waals surface area contributed by atoms with Crippen molar-refractivity contribution >= 4 is 11.8 Å². The topological polar surface area (TPSA) is 49.4 Å². The monoisotopic (exact) mass is 294 g/mol. The maximum atomic E-state index is 12.4. The number of nitrogens with zero attached hydrogens (tertiary/aromatic N) is 1. The van der Waals surface area contributed by atoms with Crippen LogP contribution >= 0.6 is 0 Å². The molecule has 0 bridgehead atoms. The molecule has 0 aromatic heterocycles. The van der Waals surface area contributed by atoms with Crippen LogP contribution in [-0.2, 0) is 0 Å². The summed E-state index contributed by atoms with van der Waals surface area (Å²) < 4.78 is 0. The Morgan fingerprint density at radius 3 is 2.14 bits per heavy atom. The second kappa shape index (κ2) is 6.43. The summed E-state index contributed by atoms with van der Waals surface area (Å²) >= 11 is 0. The average Bonchev–Trinajstić information content (AvgIpc) is 3.04. The molecule has 3 rings (SSSR count). The highest BCUT2D eigenvalue weighted by molar-refractivity contribution is 5.95. The molecule has 0 aliphatic carbocycles. The number of hydrogen-bond donors (Lipinski definition) is 1. The molecule has 112 valence electrons. The van der Waals surface area contributed by atoms with E-state index in [9.17, 15) is 9.59 Å². The molecule has 1 atom stereocenters. The minimum absolute atomic E-state index is 0.0142. The van der Waals surface area contributed by atoms with E-state index in [1.54, 1.807) is 17.0 Å². The lowest BCUT2D eigenvalue weighted by Gasteiger charge is -2.17. The number of rotatable bonds is 3. The van der Waals surface area contributed by atoms with E-state index < -0.39 is 0 Å². The summed E-state index contributed by atoms with van der Waals surface area (Å²) in [7, 11) is 0. The number of benzene rings is 2. The number of carbonyl (C=O) groups is 2. The second-order valence-corrected chi connectivity index (χ2v) is 5.44. The molecule has 0 unspecified atom stereocenters. The molecular weight excluding hydrogens is 276 g/mol.